The van der Waals surface area contributed by atoms with Crippen LogP contribution in [0, 0.1) is 17.2 Å². The van der Waals surface area contributed by atoms with Crippen molar-refractivity contribution in [2.45, 2.75) is 51.5 Å². The van der Waals surface area contributed by atoms with Gasteiger partial charge in [0, 0.05) is 6.54 Å². The zero-order chi connectivity index (χ0) is 12.7. The van der Waals surface area contributed by atoms with Gasteiger partial charge in [-0.2, -0.15) is 5.26 Å². The standard InChI is InChI=1S/C14H27N3/c1-4-13-6-5-9-17(10-7-13)11-8-14(2,12-15)16-3/h13,16H,4-11H2,1-3H3. The predicted octanol–water partition coefficient (Wildman–Crippen LogP) is 2.39. The molecule has 1 saturated heterocycles. The van der Waals surface area contributed by atoms with Crippen molar-refractivity contribution in [3.05, 3.63) is 0 Å². The number of nitrogens with one attached hydrogen (secondary N) is 1. The van der Waals surface area contributed by atoms with Gasteiger partial charge in [0.1, 0.15) is 5.54 Å². The topological polar surface area (TPSA) is 39.1 Å². The fourth-order valence-corrected chi connectivity index (χ4v) is 2.48. The second kappa shape index (κ2) is 6.98. The number of hydrogen-bond acceptors (Lipinski definition) is 3. The first-order chi connectivity index (χ1) is 8.13. The summed E-state index contributed by atoms with van der Waals surface area (Å²) in [4.78, 5) is 2.53. The fourth-order valence-electron chi connectivity index (χ4n) is 2.48. The Balaban J connectivity index is 2.35. The second-order valence-electron chi connectivity index (χ2n) is 5.49. The maximum atomic E-state index is 9.12. The predicted molar refractivity (Wildman–Crippen MR) is 71.8 cm³/mol. The van der Waals surface area contributed by atoms with Gasteiger partial charge in [-0.05, 0) is 58.7 Å². The Hall–Kier alpha value is -0.590. The number of nitrogens with zero attached hydrogens (tertiary/aromatic N) is 2. The van der Waals surface area contributed by atoms with Crippen molar-refractivity contribution in [1.29, 1.82) is 5.26 Å². The molecule has 3 nitrogen and oxygen atoms in total. The Morgan fingerprint density at radius 3 is 2.76 bits per heavy atom. The maximum absolute atomic E-state index is 9.12. The Kier molecular flexibility index (Phi) is 5.94. The van der Waals surface area contributed by atoms with Gasteiger partial charge in [-0.15, -0.1) is 0 Å². The third kappa shape index (κ3) is 4.65. The van der Waals surface area contributed by atoms with Gasteiger partial charge in [0.15, 0.2) is 0 Å². The van der Waals surface area contributed by atoms with Crippen molar-refractivity contribution >= 4 is 0 Å². The van der Waals surface area contributed by atoms with Crippen molar-refractivity contribution in [3.63, 3.8) is 0 Å². The van der Waals surface area contributed by atoms with Crippen LogP contribution in [0.15, 0.2) is 0 Å². The summed E-state index contributed by atoms with van der Waals surface area (Å²) >= 11 is 0. The minimum Gasteiger partial charge on any atom is -0.303 e. The van der Waals surface area contributed by atoms with E-state index in [1.54, 1.807) is 0 Å². The number of likely N-dealkylation sites (tertiary alicyclic amines) is 1. The SMILES string of the molecule is CCC1CCCN(CCC(C)(C#N)NC)CC1. The van der Waals surface area contributed by atoms with Gasteiger partial charge in [-0.3, -0.25) is 0 Å². The average molecular weight is 237 g/mol. The molecule has 98 valence electrons. The fraction of sp³-hybridized carbons (Fsp3) is 0.929. The van der Waals surface area contributed by atoms with Crippen LogP contribution in [-0.4, -0.2) is 37.1 Å². The van der Waals surface area contributed by atoms with Crippen LogP contribution < -0.4 is 5.32 Å². The summed E-state index contributed by atoms with van der Waals surface area (Å²) in [5, 5.41) is 12.2. The molecule has 1 N–H and O–H groups in total. The summed E-state index contributed by atoms with van der Waals surface area (Å²) in [5.74, 6) is 0.923. The molecular weight excluding hydrogens is 210 g/mol. The van der Waals surface area contributed by atoms with E-state index in [1.165, 1.54) is 38.8 Å². The smallest absolute Gasteiger partial charge is 0.104 e. The molecule has 3 heteroatoms. The molecule has 0 saturated carbocycles. The van der Waals surface area contributed by atoms with E-state index in [1.807, 2.05) is 14.0 Å². The van der Waals surface area contributed by atoms with E-state index < -0.39 is 0 Å². The number of rotatable bonds is 5. The Morgan fingerprint density at radius 2 is 2.18 bits per heavy atom. The third-order valence-corrected chi connectivity index (χ3v) is 4.24. The molecule has 0 spiro atoms. The molecule has 1 rings (SSSR count). The highest BCUT2D eigenvalue weighted by Crippen LogP contribution is 2.21. The number of hydrogen-bond donors (Lipinski definition) is 1. The molecule has 1 fully saturated rings. The highest BCUT2D eigenvalue weighted by Gasteiger charge is 2.23. The molecule has 0 aromatic rings. The largest absolute Gasteiger partial charge is 0.303 e. The van der Waals surface area contributed by atoms with E-state index in [-0.39, 0.29) is 5.54 Å². The summed E-state index contributed by atoms with van der Waals surface area (Å²) in [6.45, 7) is 7.75. The maximum Gasteiger partial charge on any atom is 0.104 e. The van der Waals surface area contributed by atoms with Crippen molar-refractivity contribution < 1.29 is 0 Å². The Morgan fingerprint density at radius 1 is 1.41 bits per heavy atom. The first-order valence-electron chi connectivity index (χ1n) is 6.96. The van der Waals surface area contributed by atoms with Crippen LogP contribution >= 0.6 is 0 Å². The van der Waals surface area contributed by atoms with Crippen LogP contribution in [0.4, 0.5) is 0 Å². The lowest BCUT2D eigenvalue weighted by Crippen LogP contribution is -2.41. The minimum absolute atomic E-state index is 0.365. The van der Waals surface area contributed by atoms with E-state index in [0.717, 1.165) is 18.9 Å². The van der Waals surface area contributed by atoms with Gasteiger partial charge in [-0.1, -0.05) is 13.3 Å². The van der Waals surface area contributed by atoms with E-state index in [2.05, 4.69) is 23.2 Å². The normalized spacial score (nSPS) is 25.9. The van der Waals surface area contributed by atoms with Crippen LogP contribution in [0.1, 0.15) is 46.0 Å². The molecule has 17 heavy (non-hydrogen) atoms. The van der Waals surface area contributed by atoms with Crippen molar-refractivity contribution in [1.82, 2.24) is 10.2 Å². The van der Waals surface area contributed by atoms with Crippen LogP contribution in [0.3, 0.4) is 0 Å². The zero-order valence-corrected chi connectivity index (χ0v) is 11.6. The molecule has 0 aliphatic carbocycles. The average Bonchev–Trinajstić information content (AvgIpc) is 2.61. The van der Waals surface area contributed by atoms with E-state index in [9.17, 15) is 0 Å². The molecule has 0 radical (unpaired) electrons. The van der Waals surface area contributed by atoms with Gasteiger partial charge in [0.2, 0.25) is 0 Å². The molecule has 1 aliphatic rings. The van der Waals surface area contributed by atoms with Crippen molar-refractivity contribution in [3.8, 4) is 6.07 Å². The van der Waals surface area contributed by atoms with Crippen LogP contribution in [-0.2, 0) is 0 Å². The summed E-state index contributed by atoms with van der Waals surface area (Å²) in [6, 6.07) is 2.37. The zero-order valence-electron chi connectivity index (χ0n) is 11.6. The highest BCUT2D eigenvalue weighted by molar-refractivity contribution is 5.03. The number of nitriles is 1. The van der Waals surface area contributed by atoms with Crippen LogP contribution in [0.2, 0.25) is 0 Å². The van der Waals surface area contributed by atoms with Gasteiger partial charge in [-0.25, -0.2) is 0 Å². The molecule has 2 atom stereocenters. The van der Waals surface area contributed by atoms with Crippen LogP contribution in [0.25, 0.3) is 0 Å². The lowest BCUT2D eigenvalue weighted by atomic mass is 9.98. The molecule has 1 aliphatic heterocycles. The van der Waals surface area contributed by atoms with Crippen molar-refractivity contribution in [2.24, 2.45) is 5.92 Å². The second-order valence-corrected chi connectivity index (χ2v) is 5.49. The summed E-state index contributed by atoms with van der Waals surface area (Å²) in [6.07, 6.45) is 6.27. The molecule has 1 heterocycles. The lowest BCUT2D eigenvalue weighted by Gasteiger charge is -2.26. The molecule has 0 bridgehead atoms. The first-order valence-corrected chi connectivity index (χ1v) is 6.96. The van der Waals surface area contributed by atoms with E-state index in [4.69, 9.17) is 5.26 Å². The van der Waals surface area contributed by atoms with Gasteiger partial charge in [0.25, 0.3) is 0 Å². The van der Waals surface area contributed by atoms with Crippen LogP contribution in [0.5, 0.6) is 0 Å². The minimum atomic E-state index is -0.365. The summed E-state index contributed by atoms with van der Waals surface area (Å²) < 4.78 is 0. The summed E-state index contributed by atoms with van der Waals surface area (Å²) in [5.41, 5.74) is -0.365. The molecule has 2 unspecified atom stereocenters. The highest BCUT2D eigenvalue weighted by atomic mass is 15.1. The van der Waals surface area contributed by atoms with Gasteiger partial charge in [0.05, 0.1) is 6.07 Å². The van der Waals surface area contributed by atoms with E-state index in [0.29, 0.717) is 0 Å². The molecule has 0 aromatic heterocycles. The quantitative estimate of drug-likeness (QED) is 0.798. The Bertz CT molecular complexity index is 259. The molecule has 0 aromatic carbocycles. The lowest BCUT2D eigenvalue weighted by molar-refractivity contribution is 0.253. The van der Waals surface area contributed by atoms with E-state index >= 15 is 0 Å². The molecular formula is C14H27N3. The monoisotopic (exact) mass is 237 g/mol. The molecule has 0 amide bonds. The third-order valence-electron chi connectivity index (χ3n) is 4.24. The van der Waals surface area contributed by atoms with Gasteiger partial charge >= 0.3 is 0 Å². The summed E-state index contributed by atoms with van der Waals surface area (Å²) in [7, 11) is 1.87. The Labute approximate surface area is 106 Å². The first kappa shape index (κ1) is 14.5. The van der Waals surface area contributed by atoms with Crippen molar-refractivity contribution in [2.75, 3.05) is 26.7 Å². The van der Waals surface area contributed by atoms with Gasteiger partial charge < -0.3 is 10.2 Å².